The Morgan fingerprint density at radius 1 is 1.44 bits per heavy atom. The lowest BCUT2D eigenvalue weighted by atomic mass is 10.0. The maximum absolute atomic E-state index is 12.2. The Balaban J connectivity index is 2.12. The molecule has 1 aliphatic heterocycles. The molecule has 1 aliphatic rings. The van der Waals surface area contributed by atoms with E-state index in [1.807, 2.05) is 6.07 Å². The van der Waals surface area contributed by atoms with Crippen molar-refractivity contribution in [3.63, 3.8) is 0 Å². The van der Waals surface area contributed by atoms with Crippen LogP contribution in [0.25, 0.3) is 0 Å². The molecule has 18 heavy (non-hydrogen) atoms. The fourth-order valence-electron chi connectivity index (χ4n) is 2.16. The second-order valence-corrected chi connectivity index (χ2v) is 7.28. The van der Waals surface area contributed by atoms with Gasteiger partial charge in [0.05, 0.1) is 4.90 Å². The number of piperidine rings is 1. The number of hydrogen-bond acceptors (Lipinski definition) is 3. The van der Waals surface area contributed by atoms with Crippen LogP contribution in [0, 0.1) is 0 Å². The van der Waals surface area contributed by atoms with Crippen LogP contribution in [0.5, 0.6) is 0 Å². The molecule has 6 heteroatoms. The van der Waals surface area contributed by atoms with E-state index in [0.717, 1.165) is 23.9 Å². The van der Waals surface area contributed by atoms with Crippen LogP contribution in [0.1, 0.15) is 19.8 Å². The Bertz CT molecular complexity index is 519. The normalized spacial score (nSPS) is 25.0. The van der Waals surface area contributed by atoms with Gasteiger partial charge in [-0.2, -0.15) is 0 Å². The zero-order valence-electron chi connectivity index (χ0n) is 10.2. The third-order valence-electron chi connectivity index (χ3n) is 3.05. The third kappa shape index (κ3) is 3.54. The van der Waals surface area contributed by atoms with Crippen molar-refractivity contribution in [2.24, 2.45) is 0 Å². The number of nitrogens with one attached hydrogen (secondary N) is 2. The van der Waals surface area contributed by atoms with Crippen molar-refractivity contribution >= 4 is 26.0 Å². The van der Waals surface area contributed by atoms with Crippen molar-refractivity contribution in [3.05, 3.63) is 28.7 Å². The summed E-state index contributed by atoms with van der Waals surface area (Å²) in [5.74, 6) is 0. The van der Waals surface area contributed by atoms with Crippen LogP contribution in [0.4, 0.5) is 0 Å². The standard InChI is InChI=1S/C12H17BrN2O2S/c1-9-7-11(5-6-14-9)15-18(16,17)12-4-2-3-10(13)8-12/h2-4,8-9,11,14-15H,5-7H2,1H3. The highest BCUT2D eigenvalue weighted by Crippen LogP contribution is 2.18. The average Bonchev–Trinajstić information content (AvgIpc) is 2.28. The molecule has 1 saturated heterocycles. The predicted molar refractivity (Wildman–Crippen MR) is 75.0 cm³/mol. The van der Waals surface area contributed by atoms with Gasteiger partial charge in [-0.15, -0.1) is 0 Å². The van der Waals surface area contributed by atoms with Crippen molar-refractivity contribution in [1.82, 2.24) is 10.0 Å². The minimum Gasteiger partial charge on any atom is -0.314 e. The predicted octanol–water partition coefficient (Wildman–Crippen LogP) is 1.87. The molecule has 1 aromatic carbocycles. The average molecular weight is 333 g/mol. The maximum Gasteiger partial charge on any atom is 0.240 e. The molecule has 2 atom stereocenters. The first-order chi connectivity index (χ1) is 8.47. The van der Waals surface area contributed by atoms with E-state index >= 15 is 0 Å². The van der Waals surface area contributed by atoms with Crippen molar-refractivity contribution in [1.29, 1.82) is 0 Å². The first-order valence-electron chi connectivity index (χ1n) is 5.98. The third-order valence-corrected chi connectivity index (χ3v) is 5.06. The highest BCUT2D eigenvalue weighted by molar-refractivity contribution is 9.10. The molecule has 2 rings (SSSR count). The molecule has 100 valence electrons. The molecule has 0 radical (unpaired) electrons. The van der Waals surface area contributed by atoms with Gasteiger partial charge < -0.3 is 5.32 Å². The Labute approximate surface area is 116 Å². The Morgan fingerprint density at radius 2 is 2.22 bits per heavy atom. The molecule has 4 nitrogen and oxygen atoms in total. The van der Waals surface area contributed by atoms with E-state index in [0.29, 0.717) is 10.9 Å². The van der Waals surface area contributed by atoms with Crippen LogP contribution >= 0.6 is 15.9 Å². The lowest BCUT2D eigenvalue weighted by molar-refractivity contribution is 0.361. The van der Waals surface area contributed by atoms with E-state index < -0.39 is 10.0 Å². The minimum atomic E-state index is -3.41. The van der Waals surface area contributed by atoms with Crippen LogP contribution in [-0.2, 0) is 10.0 Å². The van der Waals surface area contributed by atoms with E-state index in [1.54, 1.807) is 18.2 Å². The molecular formula is C12H17BrN2O2S. The summed E-state index contributed by atoms with van der Waals surface area (Å²) >= 11 is 3.29. The summed E-state index contributed by atoms with van der Waals surface area (Å²) < 4.78 is 28.0. The summed E-state index contributed by atoms with van der Waals surface area (Å²) in [6, 6.07) is 7.14. The molecule has 0 aromatic heterocycles. The van der Waals surface area contributed by atoms with Gasteiger partial charge in [0.2, 0.25) is 10.0 Å². The van der Waals surface area contributed by atoms with Crippen LogP contribution in [0.2, 0.25) is 0 Å². The summed E-state index contributed by atoms with van der Waals surface area (Å²) in [5, 5.41) is 3.30. The SMILES string of the molecule is CC1CC(NS(=O)(=O)c2cccc(Br)c2)CCN1. The number of hydrogen-bond donors (Lipinski definition) is 2. The summed E-state index contributed by atoms with van der Waals surface area (Å²) in [6.45, 7) is 2.92. The van der Waals surface area contributed by atoms with Crippen molar-refractivity contribution in [2.75, 3.05) is 6.54 Å². The van der Waals surface area contributed by atoms with Gasteiger partial charge in [0, 0.05) is 16.6 Å². The maximum atomic E-state index is 12.2. The van der Waals surface area contributed by atoms with Gasteiger partial charge in [-0.1, -0.05) is 22.0 Å². The minimum absolute atomic E-state index is 0.0187. The first kappa shape index (κ1) is 14.0. The molecule has 2 N–H and O–H groups in total. The molecule has 0 saturated carbocycles. The number of sulfonamides is 1. The van der Waals surface area contributed by atoms with Gasteiger partial charge >= 0.3 is 0 Å². The fraction of sp³-hybridized carbons (Fsp3) is 0.500. The van der Waals surface area contributed by atoms with Gasteiger partial charge in [-0.3, -0.25) is 0 Å². The van der Waals surface area contributed by atoms with E-state index in [9.17, 15) is 8.42 Å². The smallest absolute Gasteiger partial charge is 0.240 e. The molecule has 0 amide bonds. The number of rotatable bonds is 3. The zero-order valence-corrected chi connectivity index (χ0v) is 12.6. The summed E-state index contributed by atoms with van der Waals surface area (Å²) in [4.78, 5) is 0.308. The van der Waals surface area contributed by atoms with Gasteiger partial charge in [0.25, 0.3) is 0 Å². The Morgan fingerprint density at radius 3 is 2.89 bits per heavy atom. The molecule has 0 aliphatic carbocycles. The van der Waals surface area contributed by atoms with Crippen LogP contribution in [0.15, 0.2) is 33.6 Å². The van der Waals surface area contributed by atoms with Crippen molar-refractivity contribution < 1.29 is 8.42 Å². The van der Waals surface area contributed by atoms with E-state index in [-0.39, 0.29) is 6.04 Å². The fourth-order valence-corrected chi connectivity index (χ4v) is 4.04. The molecule has 1 aromatic rings. The lowest BCUT2D eigenvalue weighted by Gasteiger charge is -2.28. The molecule has 0 spiro atoms. The van der Waals surface area contributed by atoms with Crippen LogP contribution in [-0.4, -0.2) is 27.0 Å². The van der Waals surface area contributed by atoms with E-state index in [1.165, 1.54) is 0 Å². The van der Waals surface area contributed by atoms with E-state index in [2.05, 4.69) is 32.9 Å². The highest BCUT2D eigenvalue weighted by Gasteiger charge is 2.24. The highest BCUT2D eigenvalue weighted by atomic mass is 79.9. The molecule has 1 heterocycles. The van der Waals surface area contributed by atoms with Gasteiger partial charge in [0.1, 0.15) is 0 Å². The molecule has 0 bridgehead atoms. The van der Waals surface area contributed by atoms with Crippen LogP contribution < -0.4 is 10.0 Å². The molecule has 2 unspecified atom stereocenters. The van der Waals surface area contributed by atoms with Gasteiger partial charge in [-0.25, -0.2) is 13.1 Å². The van der Waals surface area contributed by atoms with Gasteiger partial charge in [-0.05, 0) is 44.5 Å². The summed E-state index contributed by atoms with van der Waals surface area (Å²) in [5.41, 5.74) is 0. The first-order valence-corrected chi connectivity index (χ1v) is 8.26. The second kappa shape index (κ2) is 5.69. The van der Waals surface area contributed by atoms with Crippen molar-refractivity contribution in [2.45, 2.75) is 36.7 Å². The number of halogens is 1. The second-order valence-electron chi connectivity index (χ2n) is 4.66. The Hall–Kier alpha value is -0.430. The summed E-state index contributed by atoms with van der Waals surface area (Å²) in [6.07, 6.45) is 1.66. The largest absolute Gasteiger partial charge is 0.314 e. The molecular weight excluding hydrogens is 316 g/mol. The summed E-state index contributed by atoms with van der Waals surface area (Å²) in [7, 11) is -3.41. The quantitative estimate of drug-likeness (QED) is 0.888. The van der Waals surface area contributed by atoms with Crippen LogP contribution in [0.3, 0.4) is 0 Å². The lowest BCUT2D eigenvalue weighted by Crippen LogP contribution is -2.46. The topological polar surface area (TPSA) is 58.2 Å². The Kier molecular flexibility index (Phi) is 4.42. The van der Waals surface area contributed by atoms with Crippen molar-refractivity contribution in [3.8, 4) is 0 Å². The number of benzene rings is 1. The monoisotopic (exact) mass is 332 g/mol. The zero-order chi connectivity index (χ0) is 13.2. The van der Waals surface area contributed by atoms with Gasteiger partial charge in [0.15, 0.2) is 0 Å². The van der Waals surface area contributed by atoms with E-state index in [4.69, 9.17) is 0 Å². The molecule has 1 fully saturated rings.